The quantitative estimate of drug-likeness (QED) is 0.601. The Balaban J connectivity index is 2.68. The van der Waals surface area contributed by atoms with Crippen molar-refractivity contribution in [2.75, 3.05) is 13.2 Å². The number of esters is 1. The molecule has 1 aliphatic heterocycles. The normalized spacial score (nSPS) is 28.4. The van der Waals surface area contributed by atoms with Gasteiger partial charge in [-0.15, -0.1) is 0 Å². The van der Waals surface area contributed by atoms with Crippen LogP contribution in [0.1, 0.15) is 20.3 Å². The highest BCUT2D eigenvalue weighted by Crippen LogP contribution is 2.19. The second-order valence-electron chi connectivity index (χ2n) is 2.97. The first-order chi connectivity index (χ1) is 5.58. The molecule has 12 heavy (non-hydrogen) atoms. The van der Waals surface area contributed by atoms with Gasteiger partial charge < -0.3 is 9.84 Å². The number of ether oxygens (including phenoxy) is 1. The molecule has 0 aromatic rings. The van der Waals surface area contributed by atoms with E-state index in [9.17, 15) is 9.90 Å². The van der Waals surface area contributed by atoms with Crippen LogP contribution < -0.4 is 0 Å². The van der Waals surface area contributed by atoms with Crippen LogP contribution in [0.4, 0.5) is 0 Å². The lowest BCUT2D eigenvalue weighted by Crippen LogP contribution is -2.38. The summed E-state index contributed by atoms with van der Waals surface area (Å²) in [4.78, 5) is 15.0. The fraction of sp³-hybridized carbons (Fsp3) is 0.750. The highest BCUT2D eigenvalue weighted by Gasteiger charge is 2.37. The molecule has 0 aromatic carbocycles. The first-order valence-electron chi connectivity index (χ1n) is 4.02. The predicted molar refractivity (Wildman–Crippen MR) is 44.2 cm³/mol. The lowest BCUT2D eigenvalue weighted by atomic mass is 9.99. The molecule has 0 fully saturated rings. The van der Waals surface area contributed by atoms with Gasteiger partial charge in [0.1, 0.15) is 5.60 Å². The highest BCUT2D eigenvalue weighted by molar-refractivity contribution is 6.40. The molecule has 1 N–H and O–H groups in total. The molecule has 1 heterocycles. The van der Waals surface area contributed by atoms with Gasteiger partial charge in [0.15, 0.2) is 5.71 Å². The van der Waals surface area contributed by atoms with Crippen LogP contribution in [-0.4, -0.2) is 35.5 Å². The zero-order valence-corrected chi connectivity index (χ0v) is 7.33. The van der Waals surface area contributed by atoms with Gasteiger partial charge in [0, 0.05) is 13.0 Å². The molecular weight excluding hydrogens is 158 g/mol. The average Bonchev–Trinajstić information content (AvgIpc) is 2.30. The van der Waals surface area contributed by atoms with Crippen LogP contribution >= 0.6 is 0 Å². The molecule has 0 saturated heterocycles. The number of carbonyl (C=O) groups is 1. The van der Waals surface area contributed by atoms with E-state index in [0.29, 0.717) is 19.6 Å². The minimum atomic E-state index is -1.09. The summed E-state index contributed by atoms with van der Waals surface area (Å²) in [5.41, 5.74) is -0.934. The maximum Gasteiger partial charge on any atom is 0.355 e. The zero-order valence-electron chi connectivity index (χ0n) is 7.33. The van der Waals surface area contributed by atoms with Crippen molar-refractivity contribution in [1.82, 2.24) is 0 Å². The Morgan fingerprint density at radius 2 is 2.50 bits per heavy atom. The predicted octanol–water partition coefficient (Wildman–Crippen LogP) is 0.145. The summed E-state index contributed by atoms with van der Waals surface area (Å²) in [7, 11) is 0. The van der Waals surface area contributed by atoms with Gasteiger partial charge in [0.2, 0.25) is 0 Å². The molecule has 0 spiro atoms. The Morgan fingerprint density at radius 3 is 2.92 bits per heavy atom. The SMILES string of the molecule is CCOC(=O)C1=NCC[C@@]1(C)O. The molecule has 1 atom stereocenters. The first kappa shape index (κ1) is 9.19. The van der Waals surface area contributed by atoms with E-state index in [-0.39, 0.29) is 5.71 Å². The summed E-state index contributed by atoms with van der Waals surface area (Å²) in [5, 5.41) is 9.62. The minimum absolute atomic E-state index is 0.157. The standard InChI is InChI=1S/C8H13NO3/c1-3-12-7(10)6-8(2,11)4-5-9-6/h11H,3-5H2,1-2H3/t8-/m1/s1. The van der Waals surface area contributed by atoms with Gasteiger partial charge in [-0.2, -0.15) is 0 Å². The van der Waals surface area contributed by atoms with E-state index in [1.807, 2.05) is 0 Å². The molecule has 1 rings (SSSR count). The van der Waals surface area contributed by atoms with Crippen molar-refractivity contribution >= 4 is 11.7 Å². The third kappa shape index (κ3) is 1.64. The topological polar surface area (TPSA) is 58.9 Å². The molecule has 0 aliphatic carbocycles. The number of hydrogen-bond donors (Lipinski definition) is 1. The maximum atomic E-state index is 11.1. The second kappa shape index (κ2) is 3.23. The molecule has 4 heteroatoms. The van der Waals surface area contributed by atoms with Crippen LogP contribution in [0.2, 0.25) is 0 Å². The third-order valence-electron chi connectivity index (χ3n) is 1.85. The van der Waals surface area contributed by atoms with Gasteiger partial charge in [0.25, 0.3) is 0 Å². The minimum Gasteiger partial charge on any atom is -0.461 e. The van der Waals surface area contributed by atoms with Crippen LogP contribution in [-0.2, 0) is 9.53 Å². The Hall–Kier alpha value is -0.900. The van der Waals surface area contributed by atoms with E-state index in [0.717, 1.165) is 0 Å². The summed E-state index contributed by atoms with van der Waals surface area (Å²) in [5.74, 6) is -0.500. The molecule has 0 amide bonds. The molecular formula is C8H13NO3. The molecule has 0 radical (unpaired) electrons. The molecule has 0 bridgehead atoms. The van der Waals surface area contributed by atoms with Crippen LogP contribution in [0.25, 0.3) is 0 Å². The third-order valence-corrected chi connectivity index (χ3v) is 1.85. The van der Waals surface area contributed by atoms with Crippen molar-refractivity contribution in [3.63, 3.8) is 0 Å². The van der Waals surface area contributed by atoms with Crippen LogP contribution in [0, 0.1) is 0 Å². The summed E-state index contributed by atoms with van der Waals surface area (Å²) in [6.07, 6.45) is 0.501. The molecule has 68 valence electrons. The van der Waals surface area contributed by atoms with Crippen molar-refractivity contribution in [2.24, 2.45) is 4.99 Å². The number of rotatable bonds is 2. The average molecular weight is 171 g/mol. The van der Waals surface area contributed by atoms with Crippen LogP contribution in [0.5, 0.6) is 0 Å². The van der Waals surface area contributed by atoms with Crippen molar-refractivity contribution in [1.29, 1.82) is 0 Å². The molecule has 0 aromatic heterocycles. The van der Waals surface area contributed by atoms with Gasteiger partial charge in [-0.3, -0.25) is 4.99 Å². The van der Waals surface area contributed by atoms with Gasteiger partial charge in [-0.05, 0) is 13.8 Å². The van der Waals surface area contributed by atoms with E-state index < -0.39 is 11.6 Å². The molecule has 0 saturated carbocycles. The van der Waals surface area contributed by atoms with Gasteiger partial charge in [-0.25, -0.2) is 4.79 Å². The maximum absolute atomic E-state index is 11.1. The lowest BCUT2D eigenvalue weighted by Gasteiger charge is -2.16. The van der Waals surface area contributed by atoms with E-state index in [2.05, 4.69) is 4.99 Å². The fourth-order valence-corrected chi connectivity index (χ4v) is 1.16. The first-order valence-corrected chi connectivity index (χ1v) is 4.02. The second-order valence-corrected chi connectivity index (χ2v) is 2.97. The Morgan fingerprint density at radius 1 is 1.83 bits per heavy atom. The summed E-state index contributed by atoms with van der Waals surface area (Å²) in [6, 6.07) is 0. The van der Waals surface area contributed by atoms with Gasteiger partial charge >= 0.3 is 5.97 Å². The molecule has 1 aliphatic rings. The largest absolute Gasteiger partial charge is 0.461 e. The van der Waals surface area contributed by atoms with Crippen molar-refractivity contribution in [3.8, 4) is 0 Å². The Bertz CT molecular complexity index is 220. The van der Waals surface area contributed by atoms with Gasteiger partial charge in [0.05, 0.1) is 6.61 Å². The van der Waals surface area contributed by atoms with E-state index in [1.165, 1.54) is 0 Å². The van der Waals surface area contributed by atoms with E-state index >= 15 is 0 Å². The number of nitrogens with zero attached hydrogens (tertiary/aromatic N) is 1. The number of carbonyl (C=O) groups excluding carboxylic acids is 1. The molecule has 0 unspecified atom stereocenters. The van der Waals surface area contributed by atoms with E-state index in [4.69, 9.17) is 4.74 Å². The highest BCUT2D eigenvalue weighted by atomic mass is 16.5. The van der Waals surface area contributed by atoms with E-state index in [1.54, 1.807) is 13.8 Å². The summed E-state index contributed by atoms with van der Waals surface area (Å²) >= 11 is 0. The Labute approximate surface area is 71.3 Å². The monoisotopic (exact) mass is 171 g/mol. The lowest BCUT2D eigenvalue weighted by molar-refractivity contribution is -0.135. The number of aliphatic imine (C=N–C) groups is 1. The van der Waals surface area contributed by atoms with Crippen molar-refractivity contribution in [2.45, 2.75) is 25.9 Å². The number of aliphatic hydroxyl groups is 1. The smallest absolute Gasteiger partial charge is 0.355 e. The number of hydrogen-bond acceptors (Lipinski definition) is 4. The van der Waals surface area contributed by atoms with Crippen molar-refractivity contribution in [3.05, 3.63) is 0 Å². The summed E-state index contributed by atoms with van der Waals surface area (Å²) < 4.78 is 4.73. The fourth-order valence-electron chi connectivity index (χ4n) is 1.16. The molecule has 4 nitrogen and oxygen atoms in total. The Kier molecular flexibility index (Phi) is 2.47. The van der Waals surface area contributed by atoms with Gasteiger partial charge in [-0.1, -0.05) is 0 Å². The van der Waals surface area contributed by atoms with Crippen LogP contribution in [0.15, 0.2) is 4.99 Å². The van der Waals surface area contributed by atoms with Crippen molar-refractivity contribution < 1.29 is 14.6 Å². The summed E-state index contributed by atoms with van der Waals surface area (Å²) in [6.45, 7) is 4.12. The zero-order chi connectivity index (χ0) is 9.19. The van der Waals surface area contributed by atoms with Crippen LogP contribution in [0.3, 0.4) is 0 Å².